The van der Waals surface area contributed by atoms with Gasteiger partial charge in [-0.15, -0.1) is 0 Å². The molecule has 0 fully saturated rings. The highest BCUT2D eigenvalue weighted by molar-refractivity contribution is 5.94. The number of hydrogen-bond acceptors (Lipinski definition) is 4. The molecule has 0 saturated heterocycles. The molecule has 0 bridgehead atoms. The van der Waals surface area contributed by atoms with E-state index in [-0.39, 0.29) is 23.1 Å². The van der Waals surface area contributed by atoms with E-state index in [0.717, 1.165) is 12.2 Å². The Labute approximate surface area is 105 Å². The summed E-state index contributed by atoms with van der Waals surface area (Å²) in [7, 11) is 0. The summed E-state index contributed by atoms with van der Waals surface area (Å²) in [5.74, 6) is -0.914. The maximum Gasteiger partial charge on any atom is 0.156 e. The number of carbonyl (C=O) groups excluding carboxylic acids is 2. The highest BCUT2D eigenvalue weighted by atomic mass is 16.3. The number of aliphatic hydroxyl groups is 2. The number of aliphatic hydroxyl groups excluding tert-OH is 2. The Kier molecular flexibility index (Phi) is 4.43. The molecule has 0 spiro atoms. The highest BCUT2D eigenvalue weighted by Crippen LogP contribution is 2.18. The van der Waals surface area contributed by atoms with Crippen molar-refractivity contribution in [2.75, 3.05) is 0 Å². The molecule has 0 unspecified atom stereocenters. The van der Waals surface area contributed by atoms with E-state index in [1.54, 1.807) is 18.2 Å². The van der Waals surface area contributed by atoms with Gasteiger partial charge in [0.1, 0.15) is 11.5 Å². The van der Waals surface area contributed by atoms with Gasteiger partial charge < -0.3 is 10.2 Å². The van der Waals surface area contributed by atoms with Crippen molar-refractivity contribution in [2.45, 2.75) is 13.8 Å². The standard InChI is InChI=1S/C14H14O4/c1-9(15)6-13(17)11-4-3-5-12(8-11)14(18)7-10(2)16/h3-8,17-18H,1-2H3. The van der Waals surface area contributed by atoms with Crippen molar-refractivity contribution in [3.05, 3.63) is 47.5 Å². The first kappa shape index (κ1) is 13.7. The van der Waals surface area contributed by atoms with E-state index < -0.39 is 0 Å². The molecule has 0 heterocycles. The number of carbonyl (C=O) groups is 2. The molecule has 0 amide bonds. The Morgan fingerprint density at radius 1 is 0.944 bits per heavy atom. The highest BCUT2D eigenvalue weighted by Gasteiger charge is 2.05. The molecule has 0 aliphatic heterocycles. The van der Waals surface area contributed by atoms with E-state index in [1.165, 1.54) is 19.9 Å². The van der Waals surface area contributed by atoms with E-state index in [1.807, 2.05) is 0 Å². The molecule has 0 aromatic heterocycles. The molecular weight excluding hydrogens is 232 g/mol. The number of hydrogen-bond donors (Lipinski definition) is 2. The van der Waals surface area contributed by atoms with E-state index in [2.05, 4.69) is 0 Å². The number of ketones is 2. The Balaban J connectivity index is 3.14. The molecule has 1 aromatic carbocycles. The molecule has 18 heavy (non-hydrogen) atoms. The average molecular weight is 246 g/mol. The molecular formula is C14H14O4. The third-order valence-corrected chi connectivity index (χ3v) is 2.13. The van der Waals surface area contributed by atoms with E-state index >= 15 is 0 Å². The summed E-state index contributed by atoms with van der Waals surface area (Å²) in [6, 6.07) is 6.29. The fraction of sp³-hybridized carbons (Fsp3) is 0.143. The first-order valence-electron chi connectivity index (χ1n) is 5.33. The van der Waals surface area contributed by atoms with Crippen molar-refractivity contribution < 1.29 is 19.8 Å². The fourth-order valence-electron chi connectivity index (χ4n) is 1.39. The molecule has 0 saturated carbocycles. The Hall–Kier alpha value is -2.36. The minimum Gasteiger partial charge on any atom is -0.507 e. The van der Waals surface area contributed by atoms with Crippen LogP contribution in [0.25, 0.3) is 11.5 Å². The third kappa shape index (κ3) is 3.90. The average Bonchev–Trinajstić information content (AvgIpc) is 2.27. The van der Waals surface area contributed by atoms with E-state index in [4.69, 9.17) is 0 Å². The second-order valence-corrected chi connectivity index (χ2v) is 3.86. The van der Waals surface area contributed by atoms with Crippen molar-refractivity contribution in [1.82, 2.24) is 0 Å². The smallest absolute Gasteiger partial charge is 0.156 e. The Morgan fingerprint density at radius 2 is 1.33 bits per heavy atom. The van der Waals surface area contributed by atoms with Gasteiger partial charge >= 0.3 is 0 Å². The zero-order valence-corrected chi connectivity index (χ0v) is 10.2. The Morgan fingerprint density at radius 3 is 1.67 bits per heavy atom. The molecule has 2 N–H and O–H groups in total. The van der Waals surface area contributed by atoms with Crippen LogP contribution in [0.4, 0.5) is 0 Å². The molecule has 0 radical (unpaired) electrons. The minimum absolute atomic E-state index is 0.181. The zero-order chi connectivity index (χ0) is 13.7. The normalized spacial score (nSPS) is 12.3. The maximum absolute atomic E-state index is 10.8. The summed E-state index contributed by atoms with van der Waals surface area (Å²) in [6.07, 6.45) is 2.18. The summed E-state index contributed by atoms with van der Waals surface area (Å²) in [6.45, 7) is 2.65. The summed E-state index contributed by atoms with van der Waals surface area (Å²) >= 11 is 0. The van der Waals surface area contributed by atoms with E-state index in [9.17, 15) is 19.8 Å². The third-order valence-electron chi connectivity index (χ3n) is 2.13. The Bertz CT molecular complexity index is 493. The topological polar surface area (TPSA) is 74.6 Å². The van der Waals surface area contributed by atoms with Gasteiger partial charge in [-0.25, -0.2) is 0 Å². The number of allylic oxidation sites excluding steroid dienone is 2. The lowest BCUT2D eigenvalue weighted by atomic mass is 10.1. The van der Waals surface area contributed by atoms with Gasteiger partial charge in [-0.05, 0) is 19.9 Å². The molecule has 0 aliphatic rings. The largest absolute Gasteiger partial charge is 0.507 e. The van der Waals surface area contributed by atoms with Crippen LogP contribution in [0, 0.1) is 0 Å². The lowest BCUT2D eigenvalue weighted by molar-refractivity contribution is -0.113. The van der Waals surface area contributed by atoms with Crippen LogP contribution in [0.3, 0.4) is 0 Å². The summed E-state index contributed by atoms with van der Waals surface area (Å²) in [5, 5.41) is 19.3. The molecule has 4 heteroatoms. The van der Waals surface area contributed by atoms with Crippen molar-refractivity contribution in [3.8, 4) is 0 Å². The number of benzene rings is 1. The lowest BCUT2D eigenvalue weighted by Gasteiger charge is -2.04. The zero-order valence-electron chi connectivity index (χ0n) is 10.2. The van der Waals surface area contributed by atoms with Crippen LogP contribution >= 0.6 is 0 Å². The molecule has 94 valence electrons. The van der Waals surface area contributed by atoms with Gasteiger partial charge in [-0.2, -0.15) is 0 Å². The first-order chi connectivity index (χ1) is 8.40. The molecule has 1 rings (SSSR count). The molecule has 4 nitrogen and oxygen atoms in total. The monoisotopic (exact) mass is 246 g/mol. The summed E-state index contributed by atoms with van der Waals surface area (Å²) < 4.78 is 0. The van der Waals surface area contributed by atoms with Gasteiger partial charge in [0.05, 0.1) is 0 Å². The van der Waals surface area contributed by atoms with Crippen LogP contribution < -0.4 is 0 Å². The predicted octanol–water partition coefficient (Wildman–Crippen LogP) is 2.66. The molecule has 1 aromatic rings. The predicted molar refractivity (Wildman–Crippen MR) is 69.0 cm³/mol. The van der Waals surface area contributed by atoms with Crippen LogP contribution in [0.15, 0.2) is 36.4 Å². The van der Waals surface area contributed by atoms with Gasteiger partial charge in [-0.1, -0.05) is 18.2 Å². The van der Waals surface area contributed by atoms with E-state index in [0.29, 0.717) is 11.1 Å². The van der Waals surface area contributed by atoms with Crippen LogP contribution in [0.1, 0.15) is 25.0 Å². The van der Waals surface area contributed by atoms with Gasteiger partial charge in [0.2, 0.25) is 0 Å². The fourth-order valence-corrected chi connectivity index (χ4v) is 1.39. The van der Waals surface area contributed by atoms with Crippen LogP contribution in [-0.2, 0) is 9.59 Å². The minimum atomic E-state index is -0.276. The second-order valence-electron chi connectivity index (χ2n) is 3.86. The van der Waals surface area contributed by atoms with Crippen molar-refractivity contribution in [2.24, 2.45) is 0 Å². The van der Waals surface area contributed by atoms with Gasteiger partial charge in [0.25, 0.3) is 0 Å². The lowest BCUT2D eigenvalue weighted by Crippen LogP contribution is -1.92. The second kappa shape index (κ2) is 5.82. The van der Waals surface area contributed by atoms with Gasteiger partial charge in [0, 0.05) is 23.3 Å². The SMILES string of the molecule is CC(=O)C=C(O)c1cccc(C(O)=CC(C)=O)c1. The van der Waals surface area contributed by atoms with Crippen molar-refractivity contribution >= 4 is 23.1 Å². The van der Waals surface area contributed by atoms with Crippen LogP contribution in [0.2, 0.25) is 0 Å². The number of rotatable bonds is 4. The van der Waals surface area contributed by atoms with Crippen molar-refractivity contribution in [1.29, 1.82) is 0 Å². The molecule has 0 atom stereocenters. The van der Waals surface area contributed by atoms with Gasteiger partial charge in [0.15, 0.2) is 11.6 Å². The van der Waals surface area contributed by atoms with Gasteiger partial charge in [-0.3, -0.25) is 9.59 Å². The molecule has 0 aliphatic carbocycles. The first-order valence-corrected chi connectivity index (χ1v) is 5.33. The van der Waals surface area contributed by atoms with Crippen LogP contribution in [0.5, 0.6) is 0 Å². The maximum atomic E-state index is 10.8. The summed E-state index contributed by atoms with van der Waals surface area (Å²) in [4.78, 5) is 21.7. The summed E-state index contributed by atoms with van der Waals surface area (Å²) in [5.41, 5.74) is 0.789. The van der Waals surface area contributed by atoms with Crippen LogP contribution in [-0.4, -0.2) is 21.8 Å². The quantitative estimate of drug-likeness (QED) is 0.632. The van der Waals surface area contributed by atoms with Crippen molar-refractivity contribution in [3.63, 3.8) is 0 Å².